The van der Waals surface area contributed by atoms with Gasteiger partial charge in [0.25, 0.3) is 0 Å². The topological polar surface area (TPSA) is 83.8 Å². The first-order valence-corrected chi connectivity index (χ1v) is 14.1. The van der Waals surface area contributed by atoms with Crippen LogP contribution >= 0.6 is 0 Å². The van der Waals surface area contributed by atoms with E-state index >= 15 is 0 Å². The van der Waals surface area contributed by atoms with Crippen molar-refractivity contribution >= 4 is 10.4 Å². The number of hydrogen-bond donors (Lipinski definition) is 2. The first-order chi connectivity index (χ1) is 15.3. The molecule has 3 saturated carbocycles. The van der Waals surface area contributed by atoms with Gasteiger partial charge >= 0.3 is 10.4 Å². The van der Waals surface area contributed by atoms with Crippen LogP contribution < -0.4 is 0 Å². The van der Waals surface area contributed by atoms with Crippen LogP contribution in [0.5, 0.6) is 0 Å². The summed E-state index contributed by atoms with van der Waals surface area (Å²) in [7, 11) is -4.44. The molecule has 0 heterocycles. The molecule has 5 atom stereocenters. The van der Waals surface area contributed by atoms with E-state index in [1.807, 2.05) is 13.8 Å². The Morgan fingerprint density at radius 3 is 2.64 bits per heavy atom. The lowest BCUT2D eigenvalue weighted by Crippen LogP contribution is -2.36. The van der Waals surface area contributed by atoms with E-state index in [0.29, 0.717) is 36.5 Å². The molecular formula is C27H44O5S. The molecule has 0 aromatic carbocycles. The van der Waals surface area contributed by atoms with Crippen molar-refractivity contribution in [1.29, 1.82) is 0 Å². The lowest BCUT2D eigenvalue weighted by atomic mass is 9.60. The lowest BCUT2D eigenvalue weighted by molar-refractivity contribution is 0.0596. The molecule has 0 spiro atoms. The minimum atomic E-state index is -4.44. The normalized spacial score (nSPS) is 34.6. The van der Waals surface area contributed by atoms with Crippen LogP contribution in [0, 0.1) is 23.2 Å². The minimum Gasteiger partial charge on any atom is -0.390 e. The summed E-state index contributed by atoms with van der Waals surface area (Å²) in [6, 6.07) is 0. The monoisotopic (exact) mass is 480 g/mol. The van der Waals surface area contributed by atoms with Gasteiger partial charge in [0, 0.05) is 6.42 Å². The summed E-state index contributed by atoms with van der Waals surface area (Å²) in [5, 5.41) is 10.1. The average Bonchev–Trinajstić information content (AvgIpc) is 3.03. The van der Waals surface area contributed by atoms with Gasteiger partial charge in [0.15, 0.2) is 0 Å². The van der Waals surface area contributed by atoms with Crippen LogP contribution in [-0.4, -0.2) is 29.8 Å². The highest BCUT2D eigenvalue weighted by molar-refractivity contribution is 7.80. The molecule has 0 amide bonds. The van der Waals surface area contributed by atoms with Gasteiger partial charge in [-0.2, -0.15) is 8.42 Å². The van der Waals surface area contributed by atoms with Crippen molar-refractivity contribution in [3.05, 3.63) is 35.5 Å². The summed E-state index contributed by atoms with van der Waals surface area (Å²) < 4.78 is 36.1. The zero-order valence-corrected chi connectivity index (χ0v) is 21.8. The lowest BCUT2D eigenvalue weighted by Gasteiger charge is -2.44. The number of allylic oxidation sites excluding steroid dienone is 4. The third-order valence-electron chi connectivity index (χ3n) is 8.60. The van der Waals surface area contributed by atoms with Crippen molar-refractivity contribution in [1.82, 2.24) is 0 Å². The van der Waals surface area contributed by atoms with Crippen LogP contribution in [0.1, 0.15) is 98.3 Å². The van der Waals surface area contributed by atoms with Gasteiger partial charge in [-0.1, -0.05) is 56.6 Å². The molecule has 5 nitrogen and oxygen atoms in total. The maximum absolute atomic E-state index is 11.1. The molecule has 0 aromatic rings. The maximum Gasteiger partial charge on any atom is 0.397 e. The summed E-state index contributed by atoms with van der Waals surface area (Å²) in [6.07, 6.45) is 14.8. The molecule has 0 radical (unpaired) electrons. The Balaban J connectivity index is 1.69. The van der Waals surface area contributed by atoms with Gasteiger partial charge in [-0.05, 0) is 94.0 Å². The van der Waals surface area contributed by atoms with Crippen LogP contribution in [0.3, 0.4) is 0 Å². The number of hydrogen-bond acceptors (Lipinski definition) is 4. The van der Waals surface area contributed by atoms with Gasteiger partial charge in [-0.25, -0.2) is 4.18 Å². The van der Waals surface area contributed by atoms with Crippen molar-refractivity contribution in [2.24, 2.45) is 23.2 Å². The zero-order valence-electron chi connectivity index (χ0n) is 21.0. The number of aliphatic hydroxyl groups is 1. The van der Waals surface area contributed by atoms with E-state index in [4.69, 9.17) is 8.74 Å². The predicted molar refractivity (Wildman–Crippen MR) is 133 cm³/mol. The molecule has 1 unspecified atom stereocenters. The van der Waals surface area contributed by atoms with Crippen LogP contribution in [0.25, 0.3) is 0 Å². The van der Waals surface area contributed by atoms with E-state index in [-0.39, 0.29) is 0 Å². The van der Waals surface area contributed by atoms with Crippen molar-refractivity contribution < 1.29 is 22.3 Å². The molecule has 3 aliphatic rings. The van der Waals surface area contributed by atoms with Gasteiger partial charge < -0.3 is 5.11 Å². The molecule has 6 heteroatoms. The third-order valence-corrected chi connectivity index (χ3v) is 9.11. The van der Waals surface area contributed by atoms with Crippen LogP contribution in [-0.2, 0) is 14.6 Å². The van der Waals surface area contributed by atoms with Gasteiger partial charge in [0.05, 0.1) is 11.7 Å². The molecule has 0 bridgehead atoms. The summed E-state index contributed by atoms with van der Waals surface area (Å²) in [5.74, 6) is 1.99. The Bertz CT molecular complexity index is 879. The van der Waals surface area contributed by atoms with E-state index in [1.54, 1.807) is 0 Å². The fourth-order valence-electron chi connectivity index (χ4n) is 6.91. The van der Waals surface area contributed by atoms with Gasteiger partial charge in [-0.3, -0.25) is 4.55 Å². The van der Waals surface area contributed by atoms with Crippen molar-refractivity contribution in [3.8, 4) is 0 Å². The van der Waals surface area contributed by atoms with Gasteiger partial charge in [0.2, 0.25) is 0 Å². The smallest absolute Gasteiger partial charge is 0.390 e. The average molecular weight is 481 g/mol. The molecule has 3 fully saturated rings. The molecular weight excluding hydrogens is 436 g/mol. The van der Waals surface area contributed by atoms with E-state index in [0.717, 1.165) is 36.3 Å². The summed E-state index contributed by atoms with van der Waals surface area (Å²) >= 11 is 0. The van der Waals surface area contributed by atoms with Crippen LogP contribution in [0.2, 0.25) is 0 Å². The van der Waals surface area contributed by atoms with Crippen molar-refractivity contribution in [3.63, 3.8) is 0 Å². The summed E-state index contributed by atoms with van der Waals surface area (Å²) in [4.78, 5) is 0. The maximum atomic E-state index is 11.1. The Morgan fingerprint density at radius 1 is 1.24 bits per heavy atom. The molecule has 3 rings (SSSR count). The van der Waals surface area contributed by atoms with E-state index < -0.39 is 22.1 Å². The minimum absolute atomic E-state index is 0.330. The fourth-order valence-corrected chi connectivity index (χ4v) is 7.42. The third kappa shape index (κ3) is 7.03. The highest BCUT2D eigenvalue weighted by atomic mass is 32.3. The standard InChI is InChI=1S/C27H44O5S/c1-19-10-13-23(32-33(29,30)31)18-22(19)12-11-21-9-7-17-27(5)24(14-15-25(21)27)20(2)8-6-16-26(3,4)28/h11-12,20,23-25,28H,1,6-10,13-18H2,2-5H3,(H,29,30,31)/b21-11+,22-12-/t20-,23+,24-,25?,27-/m1/s1. The number of fused-ring (bicyclic) bond motifs is 1. The number of rotatable bonds is 8. The molecule has 0 saturated heterocycles. The van der Waals surface area contributed by atoms with Gasteiger partial charge in [-0.15, -0.1) is 0 Å². The molecule has 3 aliphatic carbocycles. The second-order valence-corrected chi connectivity index (χ2v) is 12.8. The molecule has 0 aromatic heterocycles. The molecule has 33 heavy (non-hydrogen) atoms. The molecule has 188 valence electrons. The second kappa shape index (κ2) is 10.3. The second-order valence-electron chi connectivity index (χ2n) is 11.7. The molecule has 2 N–H and O–H groups in total. The Labute approximate surface area is 201 Å². The fraction of sp³-hybridized carbons (Fsp3) is 0.778. The summed E-state index contributed by atoms with van der Waals surface area (Å²) in [5.41, 5.74) is 3.34. The van der Waals surface area contributed by atoms with Crippen molar-refractivity contribution in [2.75, 3.05) is 0 Å². The van der Waals surface area contributed by atoms with E-state index in [2.05, 4.69) is 32.6 Å². The van der Waals surface area contributed by atoms with E-state index in [9.17, 15) is 13.5 Å². The Hall–Kier alpha value is -0.950. The van der Waals surface area contributed by atoms with Crippen LogP contribution in [0.15, 0.2) is 35.5 Å². The first kappa shape index (κ1) is 26.7. The Morgan fingerprint density at radius 2 is 1.97 bits per heavy atom. The first-order valence-electron chi connectivity index (χ1n) is 12.7. The molecule has 0 aliphatic heterocycles. The SMILES string of the molecule is C=C1CC[C@H](OS(=O)(=O)O)C/C1=C/C=C1\CCC[C@@]2(C)C1CC[C@@H]2[C@H](C)CCCC(C)(C)O. The predicted octanol–water partition coefficient (Wildman–Crippen LogP) is 6.56. The van der Waals surface area contributed by atoms with Gasteiger partial charge in [0.1, 0.15) is 0 Å². The Kier molecular flexibility index (Phi) is 8.36. The van der Waals surface area contributed by atoms with Crippen LogP contribution in [0.4, 0.5) is 0 Å². The zero-order chi connectivity index (χ0) is 24.4. The summed E-state index contributed by atoms with van der Waals surface area (Å²) in [6.45, 7) is 12.9. The quantitative estimate of drug-likeness (QED) is 0.384. The van der Waals surface area contributed by atoms with Crippen molar-refractivity contribution in [2.45, 2.75) is 110 Å². The highest BCUT2D eigenvalue weighted by Gasteiger charge is 2.50. The van der Waals surface area contributed by atoms with E-state index in [1.165, 1.54) is 37.7 Å². The largest absolute Gasteiger partial charge is 0.397 e. The highest BCUT2D eigenvalue weighted by Crippen LogP contribution is 2.60.